The standard InChI is InChI=1S/C9H9N3O3S/c1-15-6-3-4-7-8(5-6)11-12-9(10-7)16(2,13)14/h3-5H,1-2H3. The SMILES string of the molecule is COc1ccc2nc(S(C)(=O)=O)nnc2c1. The van der Waals surface area contributed by atoms with Gasteiger partial charge in [-0.1, -0.05) is 0 Å². The van der Waals surface area contributed by atoms with Gasteiger partial charge < -0.3 is 4.74 Å². The maximum atomic E-state index is 11.2. The number of benzene rings is 1. The predicted octanol–water partition coefficient (Wildman–Crippen LogP) is 0.437. The topological polar surface area (TPSA) is 82.0 Å². The summed E-state index contributed by atoms with van der Waals surface area (Å²) in [7, 11) is -1.89. The lowest BCUT2D eigenvalue weighted by Crippen LogP contribution is -2.05. The van der Waals surface area contributed by atoms with Crippen LogP contribution in [-0.4, -0.2) is 37.0 Å². The van der Waals surface area contributed by atoms with Gasteiger partial charge in [0.2, 0.25) is 9.84 Å². The molecular weight excluding hydrogens is 230 g/mol. The van der Waals surface area contributed by atoms with Crippen LogP contribution in [-0.2, 0) is 9.84 Å². The van der Waals surface area contributed by atoms with Crippen molar-refractivity contribution in [3.05, 3.63) is 18.2 Å². The Balaban J connectivity index is 2.65. The van der Waals surface area contributed by atoms with Crippen LogP contribution in [0.5, 0.6) is 5.75 Å². The van der Waals surface area contributed by atoms with E-state index in [4.69, 9.17) is 4.74 Å². The summed E-state index contributed by atoms with van der Waals surface area (Å²) in [6.07, 6.45) is 1.04. The van der Waals surface area contributed by atoms with Gasteiger partial charge in [0.1, 0.15) is 11.3 Å². The second-order valence-electron chi connectivity index (χ2n) is 3.22. The third-order valence-electron chi connectivity index (χ3n) is 1.97. The van der Waals surface area contributed by atoms with Crippen molar-refractivity contribution in [1.29, 1.82) is 0 Å². The molecule has 0 unspecified atom stereocenters. The normalized spacial score (nSPS) is 11.6. The number of ether oxygens (including phenoxy) is 1. The summed E-state index contributed by atoms with van der Waals surface area (Å²) in [6.45, 7) is 0. The molecule has 2 aromatic rings. The first kappa shape index (κ1) is 10.7. The van der Waals surface area contributed by atoms with Crippen molar-refractivity contribution in [1.82, 2.24) is 15.2 Å². The Morgan fingerprint density at radius 3 is 2.56 bits per heavy atom. The van der Waals surface area contributed by atoms with Crippen LogP contribution in [0.25, 0.3) is 11.0 Å². The zero-order valence-corrected chi connectivity index (χ0v) is 9.52. The van der Waals surface area contributed by atoms with Gasteiger partial charge in [0.15, 0.2) is 0 Å². The summed E-state index contributed by atoms with van der Waals surface area (Å²) in [6, 6.07) is 4.96. The van der Waals surface area contributed by atoms with Crippen LogP contribution in [0.2, 0.25) is 0 Å². The third-order valence-corrected chi connectivity index (χ3v) is 2.81. The average Bonchev–Trinajstić information content (AvgIpc) is 2.26. The monoisotopic (exact) mass is 239 g/mol. The summed E-state index contributed by atoms with van der Waals surface area (Å²) in [4.78, 5) is 3.90. The Hall–Kier alpha value is -1.76. The molecule has 0 bridgehead atoms. The van der Waals surface area contributed by atoms with E-state index in [0.717, 1.165) is 6.26 Å². The van der Waals surface area contributed by atoms with E-state index in [1.807, 2.05) is 0 Å². The van der Waals surface area contributed by atoms with Gasteiger partial charge in [-0.15, -0.1) is 10.2 Å². The smallest absolute Gasteiger partial charge is 0.267 e. The molecule has 0 N–H and O–H groups in total. The van der Waals surface area contributed by atoms with E-state index >= 15 is 0 Å². The number of fused-ring (bicyclic) bond motifs is 1. The number of methoxy groups -OCH3 is 1. The van der Waals surface area contributed by atoms with Crippen molar-refractivity contribution in [2.45, 2.75) is 5.16 Å². The summed E-state index contributed by atoms with van der Waals surface area (Å²) in [5.41, 5.74) is 0.961. The Labute approximate surface area is 92.2 Å². The van der Waals surface area contributed by atoms with E-state index in [1.165, 1.54) is 7.11 Å². The lowest BCUT2D eigenvalue weighted by atomic mass is 10.3. The second-order valence-corrected chi connectivity index (χ2v) is 5.13. The maximum absolute atomic E-state index is 11.2. The van der Waals surface area contributed by atoms with Gasteiger partial charge >= 0.3 is 0 Å². The molecule has 0 atom stereocenters. The Bertz CT molecular complexity index is 639. The highest BCUT2D eigenvalue weighted by atomic mass is 32.2. The molecule has 2 rings (SSSR count). The van der Waals surface area contributed by atoms with E-state index < -0.39 is 9.84 Å². The highest BCUT2D eigenvalue weighted by molar-refractivity contribution is 7.90. The fourth-order valence-electron chi connectivity index (χ4n) is 1.18. The van der Waals surface area contributed by atoms with E-state index in [2.05, 4.69) is 15.2 Å². The Kier molecular flexibility index (Phi) is 2.47. The van der Waals surface area contributed by atoms with Gasteiger partial charge in [-0.05, 0) is 12.1 Å². The number of hydrogen-bond acceptors (Lipinski definition) is 6. The summed E-state index contributed by atoms with van der Waals surface area (Å²) < 4.78 is 27.4. The van der Waals surface area contributed by atoms with E-state index in [-0.39, 0.29) is 5.16 Å². The maximum Gasteiger partial charge on any atom is 0.267 e. The van der Waals surface area contributed by atoms with Gasteiger partial charge in [0.25, 0.3) is 5.16 Å². The molecule has 0 amide bonds. The average molecular weight is 239 g/mol. The molecule has 6 nitrogen and oxygen atoms in total. The molecule has 0 aliphatic heterocycles. The molecule has 0 aliphatic rings. The van der Waals surface area contributed by atoms with Crippen molar-refractivity contribution in [3.8, 4) is 5.75 Å². The minimum Gasteiger partial charge on any atom is -0.497 e. The van der Waals surface area contributed by atoms with Crippen molar-refractivity contribution in [2.24, 2.45) is 0 Å². The van der Waals surface area contributed by atoms with Crippen molar-refractivity contribution in [2.75, 3.05) is 13.4 Å². The first-order valence-electron chi connectivity index (χ1n) is 4.39. The third kappa shape index (κ3) is 1.94. The zero-order chi connectivity index (χ0) is 11.8. The molecule has 0 radical (unpaired) electrons. The summed E-state index contributed by atoms with van der Waals surface area (Å²) >= 11 is 0. The molecular formula is C9H9N3O3S. The van der Waals surface area contributed by atoms with E-state index in [1.54, 1.807) is 18.2 Å². The molecule has 1 aromatic carbocycles. The second kappa shape index (κ2) is 3.67. The molecule has 1 heterocycles. The van der Waals surface area contributed by atoms with Gasteiger partial charge in [0.05, 0.1) is 12.6 Å². The molecule has 0 saturated heterocycles. The highest BCUT2D eigenvalue weighted by Crippen LogP contribution is 2.17. The van der Waals surface area contributed by atoms with E-state index in [0.29, 0.717) is 16.8 Å². The minimum absolute atomic E-state index is 0.273. The van der Waals surface area contributed by atoms with Crippen LogP contribution < -0.4 is 4.74 Å². The molecule has 7 heteroatoms. The van der Waals surface area contributed by atoms with Crippen molar-refractivity contribution < 1.29 is 13.2 Å². The summed E-state index contributed by atoms with van der Waals surface area (Å²) in [5.74, 6) is 0.621. The lowest BCUT2D eigenvalue weighted by Gasteiger charge is -2.01. The Morgan fingerprint density at radius 1 is 1.19 bits per heavy atom. The van der Waals surface area contributed by atoms with Gasteiger partial charge in [0, 0.05) is 12.3 Å². The molecule has 0 saturated carbocycles. The van der Waals surface area contributed by atoms with Crippen molar-refractivity contribution in [3.63, 3.8) is 0 Å². The molecule has 0 aliphatic carbocycles. The molecule has 16 heavy (non-hydrogen) atoms. The molecule has 0 fully saturated rings. The van der Waals surface area contributed by atoms with Crippen LogP contribution in [0.3, 0.4) is 0 Å². The molecule has 1 aromatic heterocycles. The van der Waals surface area contributed by atoms with Gasteiger partial charge in [-0.2, -0.15) is 0 Å². The van der Waals surface area contributed by atoms with Crippen LogP contribution in [0, 0.1) is 0 Å². The van der Waals surface area contributed by atoms with Crippen LogP contribution in [0.15, 0.2) is 23.4 Å². The number of aromatic nitrogens is 3. The van der Waals surface area contributed by atoms with Gasteiger partial charge in [-0.3, -0.25) is 0 Å². The first-order chi connectivity index (χ1) is 7.50. The van der Waals surface area contributed by atoms with Crippen LogP contribution in [0.4, 0.5) is 0 Å². The fourth-order valence-corrected chi connectivity index (χ4v) is 1.64. The summed E-state index contributed by atoms with van der Waals surface area (Å²) in [5, 5.41) is 7.06. The van der Waals surface area contributed by atoms with Crippen LogP contribution in [0.1, 0.15) is 0 Å². The number of sulfone groups is 1. The number of rotatable bonds is 2. The van der Waals surface area contributed by atoms with Crippen molar-refractivity contribution >= 4 is 20.9 Å². The quantitative estimate of drug-likeness (QED) is 0.756. The lowest BCUT2D eigenvalue weighted by molar-refractivity contribution is 0.415. The molecule has 84 valence electrons. The predicted molar refractivity (Wildman–Crippen MR) is 57.0 cm³/mol. The van der Waals surface area contributed by atoms with Crippen LogP contribution >= 0.6 is 0 Å². The largest absolute Gasteiger partial charge is 0.497 e. The number of hydrogen-bond donors (Lipinski definition) is 0. The van der Waals surface area contributed by atoms with E-state index in [9.17, 15) is 8.42 Å². The minimum atomic E-state index is -3.43. The highest BCUT2D eigenvalue weighted by Gasteiger charge is 2.12. The fraction of sp³-hybridized carbons (Fsp3) is 0.222. The molecule has 0 spiro atoms. The van der Waals surface area contributed by atoms with Gasteiger partial charge in [-0.25, -0.2) is 13.4 Å². The Morgan fingerprint density at radius 2 is 1.94 bits per heavy atom. The zero-order valence-electron chi connectivity index (χ0n) is 8.71. The number of nitrogens with zero attached hydrogens (tertiary/aromatic N) is 3. The first-order valence-corrected chi connectivity index (χ1v) is 6.28.